The molecule has 6 rings (SSSR count). The van der Waals surface area contributed by atoms with Crippen LogP contribution < -0.4 is 9.47 Å². The fraction of sp³-hybridized carbons (Fsp3) is 0.367. The molecule has 2 N–H and O–H groups in total. The van der Waals surface area contributed by atoms with Gasteiger partial charge in [0.2, 0.25) is 5.88 Å². The van der Waals surface area contributed by atoms with Crippen molar-refractivity contribution in [2.45, 2.75) is 35.6 Å². The van der Waals surface area contributed by atoms with Gasteiger partial charge in [-0.3, -0.25) is 4.90 Å². The number of nitrogens with zero attached hydrogens (tertiary/aromatic N) is 4. The lowest BCUT2D eigenvalue weighted by molar-refractivity contribution is -0.152. The summed E-state index contributed by atoms with van der Waals surface area (Å²) >= 11 is 0. The number of fused-ring (bicyclic) bond motifs is 3. The molecule has 204 valence electrons. The van der Waals surface area contributed by atoms with E-state index in [1.165, 1.54) is 13.2 Å². The number of aliphatic hydroxyl groups excluding tert-OH is 1. The standard InChI is InChI=1S/C30H26F2N4O4/c1-39-27-25-23(13-21(15-34)35-27)40-30(20-9-7-18(14-33)8-10-20)24(19-5-3-2-4-6-19)22(26(37)29(25,30)38)16-36-12-11-28(31,32)17-36/h2-10,13,22,24,26,37-38H,11-12,16-17H2,1H3. The summed E-state index contributed by atoms with van der Waals surface area (Å²) in [6, 6.07) is 21.1. The van der Waals surface area contributed by atoms with Crippen LogP contribution in [-0.4, -0.2) is 58.9 Å². The second-order valence-corrected chi connectivity index (χ2v) is 10.6. The van der Waals surface area contributed by atoms with Crippen LogP contribution in [0.1, 0.15) is 40.3 Å². The number of aliphatic hydroxyl groups is 2. The Morgan fingerprint density at radius 3 is 2.45 bits per heavy atom. The number of halogens is 2. The number of pyridine rings is 1. The molecule has 0 amide bonds. The Morgan fingerprint density at radius 2 is 1.85 bits per heavy atom. The number of methoxy groups -OCH3 is 1. The number of rotatable bonds is 5. The molecule has 0 spiro atoms. The molecule has 5 unspecified atom stereocenters. The molecular formula is C30H26F2N4O4. The number of hydrogen-bond acceptors (Lipinski definition) is 8. The predicted octanol–water partition coefficient (Wildman–Crippen LogP) is 3.42. The van der Waals surface area contributed by atoms with Gasteiger partial charge in [-0.1, -0.05) is 42.5 Å². The highest BCUT2D eigenvalue weighted by Gasteiger charge is 2.77. The van der Waals surface area contributed by atoms with Crippen molar-refractivity contribution in [2.24, 2.45) is 5.92 Å². The van der Waals surface area contributed by atoms with Crippen LogP contribution in [0.25, 0.3) is 0 Å². The van der Waals surface area contributed by atoms with Crippen LogP contribution in [0.4, 0.5) is 8.78 Å². The number of benzene rings is 2. The topological polar surface area (TPSA) is 123 Å². The van der Waals surface area contributed by atoms with Gasteiger partial charge in [-0.05, 0) is 23.3 Å². The van der Waals surface area contributed by atoms with E-state index in [0.717, 1.165) is 5.56 Å². The maximum Gasteiger partial charge on any atom is 0.261 e. The molecule has 1 saturated heterocycles. The van der Waals surface area contributed by atoms with E-state index in [1.807, 2.05) is 36.4 Å². The van der Waals surface area contributed by atoms with Gasteiger partial charge in [0.25, 0.3) is 5.92 Å². The quantitative estimate of drug-likeness (QED) is 0.501. The molecule has 10 heteroatoms. The van der Waals surface area contributed by atoms with E-state index < -0.39 is 41.6 Å². The highest BCUT2D eigenvalue weighted by Crippen LogP contribution is 2.69. The zero-order valence-corrected chi connectivity index (χ0v) is 21.6. The first-order valence-corrected chi connectivity index (χ1v) is 12.9. The second-order valence-electron chi connectivity index (χ2n) is 10.6. The fourth-order valence-corrected chi connectivity index (χ4v) is 6.89. The Bertz CT molecular complexity index is 1540. The molecule has 1 aromatic heterocycles. The summed E-state index contributed by atoms with van der Waals surface area (Å²) < 4.78 is 40.6. The van der Waals surface area contributed by atoms with Crippen molar-refractivity contribution in [3.8, 4) is 23.8 Å². The van der Waals surface area contributed by atoms with Gasteiger partial charge < -0.3 is 19.7 Å². The Morgan fingerprint density at radius 1 is 1.12 bits per heavy atom. The van der Waals surface area contributed by atoms with E-state index in [4.69, 9.17) is 9.47 Å². The fourth-order valence-electron chi connectivity index (χ4n) is 6.89. The van der Waals surface area contributed by atoms with Crippen LogP contribution in [0.2, 0.25) is 0 Å². The van der Waals surface area contributed by atoms with Crippen molar-refractivity contribution in [1.82, 2.24) is 9.88 Å². The summed E-state index contributed by atoms with van der Waals surface area (Å²) in [6.45, 7) is -0.233. The van der Waals surface area contributed by atoms with E-state index in [-0.39, 0.29) is 42.4 Å². The molecule has 0 radical (unpaired) electrons. The molecule has 0 bridgehead atoms. The highest BCUT2D eigenvalue weighted by molar-refractivity contribution is 5.60. The average molecular weight is 545 g/mol. The zero-order valence-electron chi connectivity index (χ0n) is 21.6. The summed E-state index contributed by atoms with van der Waals surface area (Å²) in [4.78, 5) is 5.84. The van der Waals surface area contributed by atoms with Crippen LogP contribution in [0.3, 0.4) is 0 Å². The van der Waals surface area contributed by atoms with E-state index in [2.05, 4.69) is 11.1 Å². The maximum absolute atomic E-state index is 14.2. The smallest absolute Gasteiger partial charge is 0.261 e. The Labute approximate surface area is 229 Å². The number of alkyl halides is 2. The number of ether oxygens (including phenoxy) is 2. The monoisotopic (exact) mass is 544 g/mol. The van der Waals surface area contributed by atoms with Crippen LogP contribution in [0.5, 0.6) is 11.6 Å². The maximum atomic E-state index is 14.2. The largest absolute Gasteiger partial charge is 0.481 e. The van der Waals surface area contributed by atoms with Gasteiger partial charge in [0.1, 0.15) is 17.5 Å². The summed E-state index contributed by atoms with van der Waals surface area (Å²) in [5, 5.41) is 44.0. The molecule has 3 aliphatic rings. The molecule has 3 aromatic rings. The molecule has 2 aliphatic heterocycles. The third-order valence-electron chi connectivity index (χ3n) is 8.50. The number of hydrogen-bond donors (Lipinski definition) is 2. The lowest BCUT2D eigenvalue weighted by Crippen LogP contribution is -2.52. The lowest BCUT2D eigenvalue weighted by Gasteiger charge is -2.41. The van der Waals surface area contributed by atoms with E-state index in [0.29, 0.717) is 11.1 Å². The third-order valence-corrected chi connectivity index (χ3v) is 8.50. The normalized spacial score (nSPS) is 30.1. The van der Waals surface area contributed by atoms with Crippen molar-refractivity contribution in [3.05, 3.63) is 88.6 Å². The van der Waals surface area contributed by atoms with Gasteiger partial charge >= 0.3 is 0 Å². The minimum atomic E-state index is -2.84. The van der Waals surface area contributed by atoms with Gasteiger partial charge in [0, 0.05) is 37.4 Å². The summed E-state index contributed by atoms with van der Waals surface area (Å²) in [5.74, 6) is -4.29. The van der Waals surface area contributed by atoms with Crippen LogP contribution in [0.15, 0.2) is 60.7 Å². The first kappa shape index (κ1) is 26.1. The number of aromatic nitrogens is 1. The van der Waals surface area contributed by atoms with Crippen molar-refractivity contribution in [3.63, 3.8) is 0 Å². The van der Waals surface area contributed by atoms with E-state index in [9.17, 15) is 29.5 Å². The number of likely N-dealkylation sites (tertiary alicyclic amines) is 1. The van der Waals surface area contributed by atoms with Gasteiger partial charge in [0.05, 0.1) is 37.0 Å². The first-order valence-electron chi connectivity index (χ1n) is 12.9. The minimum Gasteiger partial charge on any atom is -0.481 e. The van der Waals surface area contributed by atoms with Crippen molar-refractivity contribution >= 4 is 0 Å². The van der Waals surface area contributed by atoms with Gasteiger partial charge in [-0.15, -0.1) is 0 Å². The summed E-state index contributed by atoms with van der Waals surface area (Å²) in [6.07, 6.45) is -1.79. The molecule has 1 aliphatic carbocycles. The minimum absolute atomic E-state index is 0.00393. The van der Waals surface area contributed by atoms with Gasteiger partial charge in [-0.25, -0.2) is 13.8 Å². The van der Waals surface area contributed by atoms with Crippen molar-refractivity contribution in [2.75, 3.05) is 26.7 Å². The second kappa shape index (κ2) is 9.24. The lowest BCUT2D eigenvalue weighted by atomic mass is 9.70. The molecule has 1 saturated carbocycles. The Hall–Kier alpha value is -4.09. The zero-order chi connectivity index (χ0) is 28.3. The number of nitriles is 2. The van der Waals surface area contributed by atoms with Gasteiger partial charge in [0.15, 0.2) is 11.2 Å². The third kappa shape index (κ3) is 3.61. The summed E-state index contributed by atoms with van der Waals surface area (Å²) in [7, 11) is 1.34. The molecule has 8 nitrogen and oxygen atoms in total. The van der Waals surface area contributed by atoms with Crippen molar-refractivity contribution < 1.29 is 28.5 Å². The Kier molecular flexibility index (Phi) is 6.04. The Balaban J connectivity index is 1.62. The molecule has 5 atom stereocenters. The van der Waals surface area contributed by atoms with Gasteiger partial charge in [-0.2, -0.15) is 10.5 Å². The molecule has 2 aromatic carbocycles. The van der Waals surface area contributed by atoms with E-state index >= 15 is 0 Å². The highest BCUT2D eigenvalue weighted by atomic mass is 19.3. The average Bonchev–Trinajstić information content (AvgIpc) is 3.51. The molecule has 2 fully saturated rings. The molecule has 40 heavy (non-hydrogen) atoms. The SMILES string of the molecule is COc1nc(C#N)cc2c1C1(O)C(O)C(CN3CCC(F)(F)C3)C(c3ccccc3)C1(c1ccc(C#N)cc1)O2. The summed E-state index contributed by atoms with van der Waals surface area (Å²) in [5.41, 5.74) is -2.19. The predicted molar refractivity (Wildman–Crippen MR) is 138 cm³/mol. The van der Waals surface area contributed by atoms with Crippen LogP contribution in [0, 0.1) is 28.6 Å². The van der Waals surface area contributed by atoms with Crippen molar-refractivity contribution in [1.29, 1.82) is 10.5 Å². The first-order chi connectivity index (χ1) is 19.2. The van der Waals surface area contributed by atoms with Crippen LogP contribution in [-0.2, 0) is 11.2 Å². The molecule has 3 heterocycles. The van der Waals surface area contributed by atoms with E-state index in [1.54, 1.807) is 29.2 Å². The van der Waals surface area contributed by atoms with Crippen LogP contribution >= 0.6 is 0 Å². The molecular weight excluding hydrogens is 518 g/mol.